The molecule has 3 nitrogen and oxygen atoms in total. The topological polar surface area (TPSA) is 18.5 Å². The number of likely N-dealkylation sites (N-methyl/N-ethyl adjacent to an activating group) is 2. The highest BCUT2D eigenvalue weighted by atomic mass is 15.2. The summed E-state index contributed by atoms with van der Waals surface area (Å²) in [5.74, 6) is 0.723. The molecule has 3 heteroatoms. The minimum Gasteiger partial charge on any atom is -0.313 e. The van der Waals surface area contributed by atoms with E-state index in [1.807, 2.05) is 0 Å². The van der Waals surface area contributed by atoms with Gasteiger partial charge in [-0.25, -0.2) is 0 Å². The maximum absolute atomic E-state index is 3.61. The number of hydrogen-bond donors (Lipinski definition) is 1. The van der Waals surface area contributed by atoms with Crippen molar-refractivity contribution in [2.75, 3.05) is 40.3 Å². The summed E-state index contributed by atoms with van der Waals surface area (Å²) in [7, 11) is 4.50. The molecule has 1 heterocycles. The summed E-state index contributed by atoms with van der Waals surface area (Å²) in [6.07, 6.45) is 2.71. The monoisotopic (exact) mass is 241 g/mol. The van der Waals surface area contributed by atoms with Gasteiger partial charge in [0.1, 0.15) is 0 Å². The quantitative estimate of drug-likeness (QED) is 0.763. The molecule has 1 saturated heterocycles. The van der Waals surface area contributed by atoms with E-state index in [1.165, 1.54) is 25.9 Å². The summed E-state index contributed by atoms with van der Waals surface area (Å²) in [6.45, 7) is 11.6. The Hall–Kier alpha value is -0.120. The van der Waals surface area contributed by atoms with Gasteiger partial charge in [-0.1, -0.05) is 13.8 Å². The highest BCUT2D eigenvalue weighted by Gasteiger charge is 2.20. The average molecular weight is 241 g/mol. The number of rotatable bonds is 6. The summed E-state index contributed by atoms with van der Waals surface area (Å²) in [6, 6.07) is 1.38. The Morgan fingerprint density at radius 2 is 2.06 bits per heavy atom. The third-order valence-corrected chi connectivity index (χ3v) is 4.15. The van der Waals surface area contributed by atoms with Crippen LogP contribution < -0.4 is 5.32 Å². The van der Waals surface area contributed by atoms with E-state index in [2.05, 4.69) is 50.0 Å². The first-order valence-electron chi connectivity index (χ1n) is 7.13. The summed E-state index contributed by atoms with van der Waals surface area (Å²) < 4.78 is 0. The number of piperidine rings is 1. The van der Waals surface area contributed by atoms with E-state index in [-0.39, 0.29) is 0 Å². The van der Waals surface area contributed by atoms with Crippen LogP contribution in [0.5, 0.6) is 0 Å². The van der Waals surface area contributed by atoms with Gasteiger partial charge in [-0.15, -0.1) is 0 Å². The smallest absolute Gasteiger partial charge is 0.0221 e. The molecule has 0 amide bonds. The van der Waals surface area contributed by atoms with Crippen LogP contribution in [0.4, 0.5) is 0 Å². The van der Waals surface area contributed by atoms with Gasteiger partial charge in [-0.05, 0) is 46.3 Å². The first-order valence-corrected chi connectivity index (χ1v) is 7.13. The Balaban J connectivity index is 2.18. The largest absolute Gasteiger partial charge is 0.313 e. The summed E-state index contributed by atoms with van der Waals surface area (Å²) >= 11 is 0. The summed E-state index contributed by atoms with van der Waals surface area (Å²) in [4.78, 5) is 4.98. The molecule has 0 aromatic carbocycles. The zero-order valence-corrected chi connectivity index (χ0v) is 12.4. The third kappa shape index (κ3) is 5.36. The molecule has 2 atom stereocenters. The Kier molecular flexibility index (Phi) is 6.45. The van der Waals surface area contributed by atoms with Crippen molar-refractivity contribution in [3.63, 3.8) is 0 Å². The van der Waals surface area contributed by atoms with Gasteiger partial charge in [0.25, 0.3) is 0 Å². The molecule has 0 bridgehead atoms. The molecule has 0 spiro atoms. The van der Waals surface area contributed by atoms with Crippen LogP contribution >= 0.6 is 0 Å². The van der Waals surface area contributed by atoms with Crippen molar-refractivity contribution in [1.29, 1.82) is 0 Å². The molecule has 102 valence electrons. The van der Waals surface area contributed by atoms with Gasteiger partial charge in [-0.2, -0.15) is 0 Å². The van der Waals surface area contributed by atoms with Crippen molar-refractivity contribution in [3.8, 4) is 0 Å². The van der Waals surface area contributed by atoms with Gasteiger partial charge in [-0.3, -0.25) is 0 Å². The molecule has 1 aliphatic heterocycles. The third-order valence-electron chi connectivity index (χ3n) is 4.15. The van der Waals surface area contributed by atoms with Crippen molar-refractivity contribution >= 4 is 0 Å². The second-order valence-electron chi connectivity index (χ2n) is 6.03. The van der Waals surface area contributed by atoms with Crippen molar-refractivity contribution in [1.82, 2.24) is 15.1 Å². The summed E-state index contributed by atoms with van der Waals surface area (Å²) in [5, 5.41) is 3.61. The van der Waals surface area contributed by atoms with Crippen LogP contribution in [0.2, 0.25) is 0 Å². The molecule has 1 rings (SSSR count). The first-order chi connectivity index (χ1) is 8.00. The normalized spacial score (nSPS) is 24.5. The Morgan fingerprint density at radius 1 is 1.35 bits per heavy atom. The second kappa shape index (κ2) is 7.34. The maximum atomic E-state index is 3.61. The molecule has 1 fully saturated rings. The zero-order valence-electron chi connectivity index (χ0n) is 12.4. The molecule has 0 radical (unpaired) electrons. The maximum Gasteiger partial charge on any atom is 0.0221 e. The van der Waals surface area contributed by atoms with Crippen LogP contribution in [0, 0.1) is 5.92 Å². The van der Waals surface area contributed by atoms with Crippen LogP contribution in [0.15, 0.2) is 0 Å². The second-order valence-corrected chi connectivity index (χ2v) is 6.03. The SMILES string of the molecule is CC(C)C(C)NCCN(C)C1CCCN(C)C1. The van der Waals surface area contributed by atoms with E-state index < -0.39 is 0 Å². The standard InChI is InChI=1S/C14H31N3/c1-12(2)13(3)15-8-10-17(5)14-7-6-9-16(4)11-14/h12-15H,6-11H2,1-5H3. The molecular weight excluding hydrogens is 210 g/mol. The molecule has 17 heavy (non-hydrogen) atoms. The molecule has 0 aliphatic carbocycles. The predicted octanol–water partition coefficient (Wildman–Crippen LogP) is 1.65. The minimum absolute atomic E-state index is 0.623. The van der Waals surface area contributed by atoms with E-state index >= 15 is 0 Å². The molecule has 1 aliphatic rings. The van der Waals surface area contributed by atoms with Crippen LogP contribution in [-0.2, 0) is 0 Å². The van der Waals surface area contributed by atoms with Crippen LogP contribution in [0.1, 0.15) is 33.6 Å². The first kappa shape index (κ1) is 14.9. The lowest BCUT2D eigenvalue weighted by Gasteiger charge is -2.36. The van der Waals surface area contributed by atoms with Crippen molar-refractivity contribution in [3.05, 3.63) is 0 Å². The lowest BCUT2D eigenvalue weighted by Crippen LogP contribution is -2.47. The van der Waals surface area contributed by atoms with E-state index in [4.69, 9.17) is 0 Å². The number of likely N-dealkylation sites (tertiary alicyclic amines) is 1. The number of nitrogens with zero attached hydrogens (tertiary/aromatic N) is 2. The Bertz CT molecular complexity index is 206. The highest BCUT2D eigenvalue weighted by molar-refractivity contribution is 4.78. The summed E-state index contributed by atoms with van der Waals surface area (Å²) in [5.41, 5.74) is 0. The number of nitrogens with one attached hydrogen (secondary N) is 1. The lowest BCUT2D eigenvalue weighted by atomic mass is 10.0. The van der Waals surface area contributed by atoms with Gasteiger partial charge < -0.3 is 15.1 Å². The van der Waals surface area contributed by atoms with Crippen molar-refractivity contribution in [2.24, 2.45) is 5.92 Å². The van der Waals surface area contributed by atoms with Crippen molar-refractivity contribution < 1.29 is 0 Å². The van der Waals surface area contributed by atoms with E-state index in [1.54, 1.807) is 0 Å². The van der Waals surface area contributed by atoms with Crippen LogP contribution in [-0.4, -0.2) is 62.2 Å². The fourth-order valence-corrected chi connectivity index (χ4v) is 2.39. The van der Waals surface area contributed by atoms with Gasteiger partial charge in [0, 0.05) is 31.7 Å². The average Bonchev–Trinajstić information content (AvgIpc) is 2.28. The van der Waals surface area contributed by atoms with Crippen LogP contribution in [0.3, 0.4) is 0 Å². The fourth-order valence-electron chi connectivity index (χ4n) is 2.39. The Labute approximate surface area is 108 Å². The van der Waals surface area contributed by atoms with Gasteiger partial charge in [0.05, 0.1) is 0 Å². The fraction of sp³-hybridized carbons (Fsp3) is 1.00. The lowest BCUT2D eigenvalue weighted by molar-refractivity contribution is 0.134. The van der Waals surface area contributed by atoms with Gasteiger partial charge in [0.15, 0.2) is 0 Å². The minimum atomic E-state index is 0.623. The van der Waals surface area contributed by atoms with Crippen molar-refractivity contribution in [2.45, 2.75) is 45.7 Å². The molecule has 0 aromatic rings. The molecule has 0 saturated carbocycles. The van der Waals surface area contributed by atoms with Gasteiger partial charge >= 0.3 is 0 Å². The van der Waals surface area contributed by atoms with E-state index in [0.717, 1.165) is 25.0 Å². The molecule has 2 unspecified atom stereocenters. The zero-order chi connectivity index (χ0) is 12.8. The predicted molar refractivity (Wildman–Crippen MR) is 75.5 cm³/mol. The van der Waals surface area contributed by atoms with E-state index in [0.29, 0.717) is 6.04 Å². The van der Waals surface area contributed by atoms with Gasteiger partial charge in [0.2, 0.25) is 0 Å². The molecule has 0 aromatic heterocycles. The molecular formula is C14H31N3. The Morgan fingerprint density at radius 3 is 2.65 bits per heavy atom. The number of hydrogen-bond acceptors (Lipinski definition) is 3. The molecule has 1 N–H and O–H groups in total. The highest BCUT2D eigenvalue weighted by Crippen LogP contribution is 2.12. The van der Waals surface area contributed by atoms with Crippen LogP contribution in [0.25, 0.3) is 0 Å². The van der Waals surface area contributed by atoms with E-state index in [9.17, 15) is 0 Å².